The van der Waals surface area contributed by atoms with Crippen LogP contribution in [0, 0.1) is 12.8 Å². The van der Waals surface area contributed by atoms with Crippen molar-refractivity contribution in [1.82, 2.24) is 10.3 Å². The van der Waals surface area contributed by atoms with Crippen molar-refractivity contribution in [1.29, 1.82) is 0 Å². The highest BCUT2D eigenvalue weighted by atomic mass is 32.1. The zero-order valence-corrected chi connectivity index (χ0v) is 17.2. The van der Waals surface area contributed by atoms with Gasteiger partial charge in [-0.3, -0.25) is 4.79 Å². The van der Waals surface area contributed by atoms with E-state index in [9.17, 15) is 18.0 Å². The van der Waals surface area contributed by atoms with Gasteiger partial charge in [-0.1, -0.05) is 6.42 Å². The summed E-state index contributed by atoms with van der Waals surface area (Å²) in [7, 11) is 3.08. The second-order valence-electron chi connectivity index (χ2n) is 7.08. The van der Waals surface area contributed by atoms with Gasteiger partial charge >= 0.3 is 6.18 Å². The molecule has 1 aromatic carbocycles. The smallest absolute Gasteiger partial charge is 0.391 e. The van der Waals surface area contributed by atoms with Crippen LogP contribution in [0.15, 0.2) is 18.2 Å². The van der Waals surface area contributed by atoms with E-state index in [0.29, 0.717) is 39.9 Å². The molecule has 3 rings (SSSR count). The number of nitrogens with zero attached hydrogens (tertiary/aromatic N) is 1. The lowest BCUT2D eigenvalue weighted by Gasteiger charge is -2.30. The predicted octanol–water partition coefficient (Wildman–Crippen LogP) is 4.99. The lowest BCUT2D eigenvalue weighted by atomic mass is 9.85. The van der Waals surface area contributed by atoms with E-state index in [1.807, 2.05) is 6.07 Å². The summed E-state index contributed by atoms with van der Waals surface area (Å²) in [6, 6.07) is 4.86. The minimum atomic E-state index is -4.22. The standard InChI is InChI=1S/C20H23F3N2O3S/c1-11-17(18(26)25-14-6-4-5-13(10-14)20(21,22)23)29-19(24-11)12-7-8-15(27-2)16(9-12)28-3/h7-9,13-14H,4-6,10H2,1-3H3,(H,25,26). The molecule has 9 heteroatoms. The van der Waals surface area contributed by atoms with Gasteiger partial charge in [0.05, 0.1) is 25.8 Å². The van der Waals surface area contributed by atoms with Crippen LogP contribution >= 0.6 is 11.3 Å². The molecule has 1 heterocycles. The Hall–Kier alpha value is -2.29. The second-order valence-corrected chi connectivity index (χ2v) is 8.08. The Bertz CT molecular complexity index is 882. The average molecular weight is 428 g/mol. The minimum absolute atomic E-state index is 0.0738. The molecule has 29 heavy (non-hydrogen) atoms. The van der Waals surface area contributed by atoms with Crippen LogP contribution in [0.25, 0.3) is 10.6 Å². The first-order valence-corrected chi connectivity index (χ1v) is 10.1. The number of benzene rings is 1. The van der Waals surface area contributed by atoms with E-state index >= 15 is 0 Å². The maximum Gasteiger partial charge on any atom is 0.391 e. The van der Waals surface area contributed by atoms with Gasteiger partial charge in [0.1, 0.15) is 9.88 Å². The number of methoxy groups -OCH3 is 2. The largest absolute Gasteiger partial charge is 0.493 e. The number of amides is 1. The quantitative estimate of drug-likeness (QED) is 0.729. The van der Waals surface area contributed by atoms with Gasteiger partial charge in [-0.25, -0.2) is 4.98 Å². The van der Waals surface area contributed by atoms with E-state index < -0.39 is 18.1 Å². The van der Waals surface area contributed by atoms with Crippen molar-refractivity contribution < 1.29 is 27.4 Å². The molecule has 1 saturated carbocycles. The van der Waals surface area contributed by atoms with Gasteiger partial charge in [-0.2, -0.15) is 13.2 Å². The summed E-state index contributed by atoms with van der Waals surface area (Å²) in [5.41, 5.74) is 1.31. The minimum Gasteiger partial charge on any atom is -0.493 e. The van der Waals surface area contributed by atoms with E-state index in [1.165, 1.54) is 18.4 Å². The Labute approximate surface area is 171 Å². The lowest BCUT2D eigenvalue weighted by Crippen LogP contribution is -2.41. The third-order valence-electron chi connectivity index (χ3n) is 5.11. The Morgan fingerprint density at radius 2 is 1.93 bits per heavy atom. The first-order valence-electron chi connectivity index (χ1n) is 9.30. The summed E-state index contributed by atoms with van der Waals surface area (Å²) >= 11 is 1.21. The molecule has 2 atom stereocenters. The topological polar surface area (TPSA) is 60.5 Å². The van der Waals surface area contributed by atoms with Crippen LogP contribution in [0.4, 0.5) is 13.2 Å². The highest BCUT2D eigenvalue weighted by Gasteiger charge is 2.42. The van der Waals surface area contributed by atoms with Gasteiger partial charge < -0.3 is 14.8 Å². The fraction of sp³-hybridized carbons (Fsp3) is 0.500. The van der Waals surface area contributed by atoms with Crippen LogP contribution in [0.2, 0.25) is 0 Å². The number of aryl methyl sites for hydroxylation is 1. The molecule has 158 valence electrons. The van der Waals surface area contributed by atoms with Crippen molar-refractivity contribution in [3.63, 3.8) is 0 Å². The fourth-order valence-electron chi connectivity index (χ4n) is 3.57. The van der Waals surface area contributed by atoms with Gasteiger partial charge in [0.15, 0.2) is 11.5 Å². The molecule has 0 bridgehead atoms. The number of hydrogen-bond donors (Lipinski definition) is 1. The summed E-state index contributed by atoms with van der Waals surface area (Å²) in [6.45, 7) is 1.72. The summed E-state index contributed by atoms with van der Waals surface area (Å²) in [5, 5.41) is 3.40. The Balaban J connectivity index is 1.75. The summed E-state index contributed by atoms with van der Waals surface area (Å²) < 4.78 is 49.5. The van der Waals surface area contributed by atoms with Crippen molar-refractivity contribution in [3.05, 3.63) is 28.8 Å². The predicted molar refractivity (Wildman–Crippen MR) is 105 cm³/mol. The Morgan fingerprint density at radius 3 is 2.59 bits per heavy atom. The van der Waals surface area contributed by atoms with E-state index in [0.717, 1.165) is 5.56 Å². The molecule has 5 nitrogen and oxygen atoms in total. The number of aromatic nitrogens is 1. The van der Waals surface area contributed by atoms with E-state index in [1.54, 1.807) is 26.2 Å². The number of carbonyl (C=O) groups excluding carboxylic acids is 1. The molecule has 1 aromatic heterocycles. The number of carbonyl (C=O) groups is 1. The molecule has 0 spiro atoms. The van der Waals surface area contributed by atoms with E-state index in [-0.39, 0.29) is 18.7 Å². The zero-order valence-electron chi connectivity index (χ0n) is 16.4. The van der Waals surface area contributed by atoms with E-state index in [2.05, 4.69) is 10.3 Å². The molecule has 2 aromatic rings. The molecular weight excluding hydrogens is 405 g/mol. The summed E-state index contributed by atoms with van der Waals surface area (Å²) in [6.07, 6.45) is -3.16. The van der Waals surface area contributed by atoms with Crippen LogP contribution < -0.4 is 14.8 Å². The average Bonchev–Trinajstić information content (AvgIpc) is 3.08. The molecule has 1 amide bonds. The van der Waals surface area contributed by atoms with Crippen LogP contribution in [0.5, 0.6) is 11.5 Å². The Kier molecular flexibility index (Phi) is 6.36. The monoisotopic (exact) mass is 428 g/mol. The molecule has 1 fully saturated rings. The van der Waals surface area contributed by atoms with Crippen molar-refractivity contribution >= 4 is 17.2 Å². The third-order valence-corrected chi connectivity index (χ3v) is 6.31. The highest BCUT2D eigenvalue weighted by Crippen LogP contribution is 2.38. The molecule has 0 radical (unpaired) electrons. The molecule has 0 saturated heterocycles. The van der Waals surface area contributed by atoms with Crippen molar-refractivity contribution in [2.24, 2.45) is 5.92 Å². The summed E-state index contributed by atoms with van der Waals surface area (Å²) in [5.74, 6) is -0.603. The molecular formula is C20H23F3N2O3S. The van der Waals surface area contributed by atoms with Crippen LogP contribution in [-0.2, 0) is 0 Å². The van der Waals surface area contributed by atoms with E-state index in [4.69, 9.17) is 9.47 Å². The highest BCUT2D eigenvalue weighted by molar-refractivity contribution is 7.17. The number of rotatable bonds is 5. The number of hydrogen-bond acceptors (Lipinski definition) is 5. The SMILES string of the molecule is COc1ccc(-c2nc(C)c(C(=O)NC3CCCC(C(F)(F)F)C3)s2)cc1OC. The van der Waals surface area contributed by atoms with Gasteiger partial charge in [0.2, 0.25) is 0 Å². The maximum atomic E-state index is 13.0. The first kappa shape index (κ1) is 21.4. The third kappa shape index (κ3) is 4.83. The van der Waals surface area contributed by atoms with Crippen molar-refractivity contribution in [2.45, 2.75) is 44.8 Å². The van der Waals surface area contributed by atoms with Gasteiger partial charge in [-0.05, 0) is 44.4 Å². The van der Waals surface area contributed by atoms with Crippen LogP contribution in [0.1, 0.15) is 41.0 Å². The van der Waals surface area contributed by atoms with Crippen LogP contribution in [-0.4, -0.2) is 37.3 Å². The van der Waals surface area contributed by atoms with Gasteiger partial charge in [-0.15, -0.1) is 11.3 Å². The maximum absolute atomic E-state index is 13.0. The molecule has 0 aliphatic heterocycles. The number of thiazole rings is 1. The van der Waals surface area contributed by atoms with Crippen LogP contribution in [0.3, 0.4) is 0 Å². The number of ether oxygens (including phenoxy) is 2. The number of halogens is 3. The number of nitrogens with one attached hydrogen (secondary N) is 1. The van der Waals surface area contributed by atoms with Crippen molar-refractivity contribution in [3.8, 4) is 22.1 Å². The second kappa shape index (κ2) is 8.61. The molecule has 2 unspecified atom stereocenters. The van der Waals surface area contributed by atoms with Gasteiger partial charge in [0.25, 0.3) is 5.91 Å². The summed E-state index contributed by atoms with van der Waals surface area (Å²) in [4.78, 5) is 17.6. The van der Waals surface area contributed by atoms with Gasteiger partial charge in [0, 0.05) is 11.6 Å². The molecule has 1 N–H and O–H groups in total. The zero-order chi connectivity index (χ0) is 21.2. The number of alkyl halides is 3. The fourth-order valence-corrected chi connectivity index (χ4v) is 4.53. The Morgan fingerprint density at radius 1 is 1.21 bits per heavy atom. The molecule has 1 aliphatic carbocycles. The lowest BCUT2D eigenvalue weighted by molar-refractivity contribution is -0.183. The molecule has 1 aliphatic rings. The first-order chi connectivity index (χ1) is 13.7. The van der Waals surface area contributed by atoms with Crippen molar-refractivity contribution in [2.75, 3.05) is 14.2 Å². The normalized spacial score (nSPS) is 19.7.